The normalized spacial score (nSPS) is 35.9. The summed E-state index contributed by atoms with van der Waals surface area (Å²) in [5.41, 5.74) is -0.545. The zero-order valence-electron chi connectivity index (χ0n) is 11.3. The molecule has 1 aliphatic carbocycles. The zero-order valence-corrected chi connectivity index (χ0v) is 12.2. The highest BCUT2D eigenvalue weighted by molar-refractivity contribution is 8.23. The summed E-state index contributed by atoms with van der Waals surface area (Å²) in [5.74, 6) is -1.11. The molecule has 1 N–H and O–H groups in total. The summed E-state index contributed by atoms with van der Waals surface area (Å²) in [6.45, 7) is 2.00. The zero-order chi connectivity index (χ0) is 15.0. The molecule has 1 saturated carbocycles. The van der Waals surface area contributed by atoms with E-state index < -0.39 is 28.6 Å². The summed E-state index contributed by atoms with van der Waals surface area (Å²) < 4.78 is 38.0. The van der Waals surface area contributed by atoms with Gasteiger partial charge in [-0.05, 0) is 49.0 Å². The van der Waals surface area contributed by atoms with E-state index in [9.17, 15) is 18.0 Å². The van der Waals surface area contributed by atoms with Gasteiger partial charge in [0.15, 0.2) is 0 Å². The van der Waals surface area contributed by atoms with Crippen LogP contribution in [0.1, 0.15) is 39.0 Å². The first-order valence-electron chi connectivity index (χ1n) is 6.77. The van der Waals surface area contributed by atoms with Crippen LogP contribution in [0.2, 0.25) is 0 Å². The van der Waals surface area contributed by atoms with E-state index in [1.165, 1.54) is 11.5 Å². The van der Waals surface area contributed by atoms with Crippen LogP contribution in [0.4, 0.5) is 13.2 Å². The van der Waals surface area contributed by atoms with E-state index in [2.05, 4.69) is 0 Å². The van der Waals surface area contributed by atoms with E-state index in [0.717, 1.165) is 6.42 Å². The third-order valence-electron chi connectivity index (χ3n) is 4.49. The van der Waals surface area contributed by atoms with Gasteiger partial charge in [-0.15, -0.1) is 0 Å². The van der Waals surface area contributed by atoms with Crippen molar-refractivity contribution in [2.45, 2.75) is 50.0 Å². The minimum atomic E-state index is -4.28. The molecule has 0 amide bonds. The minimum Gasteiger partial charge on any atom is -0.481 e. The molecule has 20 heavy (non-hydrogen) atoms. The van der Waals surface area contributed by atoms with Crippen LogP contribution in [0.15, 0.2) is 22.5 Å². The molecule has 2 aliphatic rings. The summed E-state index contributed by atoms with van der Waals surface area (Å²) in [4.78, 5) is 11.0. The predicted octanol–water partition coefficient (Wildman–Crippen LogP) is 4.38. The van der Waals surface area contributed by atoms with Crippen molar-refractivity contribution in [1.82, 2.24) is 0 Å². The first-order valence-corrected chi connectivity index (χ1v) is 8.25. The third kappa shape index (κ3) is 2.90. The molecular weight excluding hydrogens is 289 g/mol. The van der Waals surface area contributed by atoms with Crippen molar-refractivity contribution in [2.24, 2.45) is 5.92 Å². The molecule has 2 rings (SSSR count). The van der Waals surface area contributed by atoms with Crippen LogP contribution in [0.5, 0.6) is 0 Å². The smallest absolute Gasteiger partial charge is 0.416 e. The Bertz CT molecular complexity index is 446. The molecule has 1 fully saturated rings. The summed E-state index contributed by atoms with van der Waals surface area (Å²) in [6, 6.07) is 0. The number of hydrogen-bond acceptors (Lipinski definition) is 1. The van der Waals surface area contributed by atoms with Crippen molar-refractivity contribution >= 4 is 16.9 Å². The molecule has 1 heterocycles. The fourth-order valence-electron chi connectivity index (χ4n) is 3.06. The van der Waals surface area contributed by atoms with Crippen LogP contribution in [0.25, 0.3) is 0 Å². The molecule has 0 aromatic rings. The fourth-order valence-corrected chi connectivity index (χ4v) is 5.72. The highest BCUT2D eigenvalue weighted by Gasteiger charge is 2.42. The number of allylic oxidation sites excluding steroid dienone is 2. The number of thiol groups is 1. The van der Waals surface area contributed by atoms with E-state index >= 15 is 0 Å². The Morgan fingerprint density at radius 2 is 2.05 bits per heavy atom. The molecule has 0 bridgehead atoms. The largest absolute Gasteiger partial charge is 0.481 e. The Balaban J connectivity index is 2.13. The van der Waals surface area contributed by atoms with Crippen LogP contribution in [0, 0.1) is 5.92 Å². The highest BCUT2D eigenvalue weighted by Crippen LogP contribution is 2.58. The number of rotatable bonds is 3. The van der Waals surface area contributed by atoms with Crippen LogP contribution in [-0.2, 0) is 4.79 Å². The van der Waals surface area contributed by atoms with Crippen molar-refractivity contribution in [3.63, 3.8) is 0 Å². The molecule has 1 unspecified atom stereocenters. The monoisotopic (exact) mass is 308 g/mol. The lowest BCUT2D eigenvalue weighted by Gasteiger charge is -2.44. The molecule has 0 saturated heterocycles. The molecule has 0 aromatic carbocycles. The lowest BCUT2D eigenvalue weighted by atomic mass is 9.80. The first kappa shape index (κ1) is 15.5. The van der Waals surface area contributed by atoms with Crippen molar-refractivity contribution in [2.75, 3.05) is 0 Å². The van der Waals surface area contributed by atoms with Gasteiger partial charge in [0.1, 0.15) is 0 Å². The molecule has 0 radical (unpaired) electrons. The van der Waals surface area contributed by atoms with Crippen LogP contribution >= 0.6 is 10.9 Å². The van der Waals surface area contributed by atoms with Crippen molar-refractivity contribution in [1.29, 1.82) is 0 Å². The maximum atomic E-state index is 12.7. The van der Waals surface area contributed by atoms with E-state index in [4.69, 9.17) is 5.11 Å². The quantitative estimate of drug-likeness (QED) is 0.759. The Labute approximate surface area is 119 Å². The lowest BCUT2D eigenvalue weighted by Crippen LogP contribution is -2.34. The molecule has 1 aliphatic heterocycles. The molecule has 0 aromatic heterocycles. The maximum absolute atomic E-state index is 12.7. The van der Waals surface area contributed by atoms with E-state index in [0.29, 0.717) is 25.7 Å². The van der Waals surface area contributed by atoms with E-state index in [1.807, 2.05) is 6.92 Å². The van der Waals surface area contributed by atoms with Gasteiger partial charge >= 0.3 is 12.1 Å². The van der Waals surface area contributed by atoms with Gasteiger partial charge < -0.3 is 5.11 Å². The lowest BCUT2D eigenvalue weighted by molar-refractivity contribution is -0.142. The SMILES string of the molecule is CCC1([SH]2C=CC(C(F)(F)F)=C2)CCC(C(=O)O)CC1. The van der Waals surface area contributed by atoms with E-state index in [-0.39, 0.29) is 10.7 Å². The maximum Gasteiger partial charge on any atom is 0.416 e. The molecule has 0 spiro atoms. The summed E-state index contributed by atoms with van der Waals surface area (Å²) in [5, 5.41) is 12.1. The van der Waals surface area contributed by atoms with E-state index in [1.54, 1.807) is 5.41 Å². The van der Waals surface area contributed by atoms with Gasteiger partial charge in [-0.2, -0.15) is 13.2 Å². The summed E-state index contributed by atoms with van der Waals surface area (Å²) in [7, 11) is -0.945. The number of aliphatic carboxylic acids is 1. The Hall–Kier alpha value is -0.910. The Morgan fingerprint density at radius 1 is 1.45 bits per heavy atom. The molecular formula is C14H19F3O2S. The summed E-state index contributed by atoms with van der Waals surface area (Å²) in [6.07, 6.45) is 0.274. The average Bonchev–Trinajstić information content (AvgIpc) is 2.88. The van der Waals surface area contributed by atoms with Crippen molar-refractivity contribution in [3.05, 3.63) is 22.5 Å². The number of alkyl halides is 3. The van der Waals surface area contributed by atoms with Gasteiger partial charge in [0.05, 0.1) is 11.5 Å². The standard InChI is InChI=1S/C14H19F3O2S/c1-2-13(6-3-10(4-7-13)12(18)19)20-8-5-11(9-20)14(15,16)17/h5,8-10,20H,2-4,6-7H2,1H3,(H,18,19). The molecule has 6 heteroatoms. The second kappa shape index (κ2) is 5.47. The second-order valence-electron chi connectivity index (χ2n) is 5.50. The van der Waals surface area contributed by atoms with Gasteiger partial charge in [0.2, 0.25) is 0 Å². The Kier molecular flexibility index (Phi) is 4.23. The van der Waals surface area contributed by atoms with Crippen LogP contribution < -0.4 is 0 Å². The number of carboxylic acid groups (broad SMARTS) is 1. The minimum absolute atomic E-state index is 0.148. The topological polar surface area (TPSA) is 37.3 Å². The number of halogens is 3. The molecule has 1 atom stereocenters. The van der Waals surface area contributed by atoms with Gasteiger partial charge in [-0.3, -0.25) is 4.79 Å². The Morgan fingerprint density at radius 3 is 2.45 bits per heavy atom. The van der Waals surface area contributed by atoms with Crippen LogP contribution in [-0.4, -0.2) is 22.0 Å². The average molecular weight is 308 g/mol. The van der Waals surface area contributed by atoms with Gasteiger partial charge in [0.25, 0.3) is 0 Å². The molecule has 2 nitrogen and oxygen atoms in total. The van der Waals surface area contributed by atoms with Gasteiger partial charge in [-0.1, -0.05) is 6.92 Å². The highest BCUT2D eigenvalue weighted by atomic mass is 32.2. The first-order chi connectivity index (χ1) is 9.28. The summed E-state index contributed by atoms with van der Waals surface area (Å²) >= 11 is 0. The van der Waals surface area contributed by atoms with Crippen molar-refractivity contribution < 1.29 is 23.1 Å². The van der Waals surface area contributed by atoms with Crippen LogP contribution in [0.3, 0.4) is 0 Å². The second-order valence-corrected chi connectivity index (χ2v) is 7.82. The third-order valence-corrected chi connectivity index (χ3v) is 7.38. The van der Waals surface area contributed by atoms with Crippen molar-refractivity contribution in [3.8, 4) is 0 Å². The number of carbonyl (C=O) groups is 1. The number of carboxylic acids is 1. The van der Waals surface area contributed by atoms with Gasteiger partial charge in [0, 0.05) is 4.75 Å². The fraction of sp³-hybridized carbons (Fsp3) is 0.643. The predicted molar refractivity (Wildman–Crippen MR) is 74.9 cm³/mol. The number of hydrogen-bond donors (Lipinski definition) is 2. The van der Waals surface area contributed by atoms with Gasteiger partial charge in [-0.25, -0.2) is 10.9 Å². The molecule has 114 valence electrons.